The van der Waals surface area contributed by atoms with Crippen molar-refractivity contribution in [1.29, 1.82) is 0 Å². The van der Waals surface area contributed by atoms with E-state index >= 15 is 0 Å². The number of nitrogens with zero attached hydrogens (tertiary/aromatic N) is 5. The zero-order valence-corrected chi connectivity index (χ0v) is 26.9. The van der Waals surface area contributed by atoms with Crippen LogP contribution in [0.15, 0.2) is 29.3 Å². The Bertz CT molecular complexity index is 1310. The number of aryl methyl sites for hydroxylation is 2. The highest BCUT2D eigenvalue weighted by molar-refractivity contribution is 7.89. The van der Waals surface area contributed by atoms with E-state index in [9.17, 15) is 8.42 Å². The summed E-state index contributed by atoms with van der Waals surface area (Å²) in [5, 5.41) is 0. The number of sulfonamides is 1. The highest BCUT2D eigenvalue weighted by Gasteiger charge is 2.41. The highest BCUT2D eigenvalue weighted by atomic mass is 35.5. The van der Waals surface area contributed by atoms with Gasteiger partial charge in [-0.15, -0.1) is 12.4 Å². The number of anilines is 1. The predicted molar refractivity (Wildman–Crippen MR) is 166 cm³/mol. The number of halogens is 1. The lowest BCUT2D eigenvalue weighted by atomic mass is 9.66. The van der Waals surface area contributed by atoms with Crippen molar-refractivity contribution in [3.8, 4) is 11.8 Å². The van der Waals surface area contributed by atoms with E-state index in [0.717, 1.165) is 37.8 Å². The van der Waals surface area contributed by atoms with Gasteiger partial charge in [-0.25, -0.2) is 13.4 Å². The summed E-state index contributed by atoms with van der Waals surface area (Å²) in [4.78, 5) is 14.5. The smallest absolute Gasteiger partial charge is 0.318 e. The van der Waals surface area contributed by atoms with E-state index in [1.807, 2.05) is 19.9 Å². The normalized spacial score (nSPS) is 21.2. The van der Waals surface area contributed by atoms with Gasteiger partial charge in [0.2, 0.25) is 10.0 Å². The van der Waals surface area contributed by atoms with Gasteiger partial charge in [-0.1, -0.05) is 0 Å². The van der Waals surface area contributed by atoms with E-state index in [0.29, 0.717) is 33.2 Å². The summed E-state index contributed by atoms with van der Waals surface area (Å²) < 4.78 is 40.4. The molecule has 2 saturated heterocycles. The third-order valence-electron chi connectivity index (χ3n) is 9.92. The molecule has 2 aliphatic heterocycles. The fourth-order valence-corrected chi connectivity index (χ4v) is 9.30. The third kappa shape index (κ3) is 6.51. The second-order valence-corrected chi connectivity index (χ2v) is 14.4. The maximum Gasteiger partial charge on any atom is 0.318 e. The molecule has 0 unspecified atom stereocenters. The monoisotopic (exact) mass is 619 g/mol. The van der Waals surface area contributed by atoms with Crippen molar-refractivity contribution in [2.45, 2.75) is 88.6 Å². The first-order valence-corrected chi connectivity index (χ1v) is 16.8. The van der Waals surface area contributed by atoms with Gasteiger partial charge in [0.05, 0.1) is 12.0 Å². The lowest BCUT2D eigenvalue weighted by Crippen LogP contribution is -2.49. The molecule has 0 bridgehead atoms. The molecule has 232 valence electrons. The molecule has 0 radical (unpaired) electrons. The van der Waals surface area contributed by atoms with Crippen LogP contribution in [0.1, 0.15) is 68.9 Å². The van der Waals surface area contributed by atoms with Crippen LogP contribution in [-0.2, 0) is 10.0 Å². The van der Waals surface area contributed by atoms with Gasteiger partial charge in [-0.2, -0.15) is 9.29 Å². The fourth-order valence-electron chi connectivity index (χ4n) is 7.21. The third-order valence-corrected chi connectivity index (χ3v) is 12.2. The standard InChI is InChI=1S/C31H45N5O4S.ClH/c1-23-21-27(39-3)22-24(2)29(23)41(37,38)36(26-5-6-26)19-20-40-30-32-14-9-28(33-30)35-17-12-31(13-18-35)10-7-25(8-11-31)34-15-4-16-34;/h9,14,21-22,25-26H,4-8,10-13,15-20H2,1-3H3;1H. The zero-order chi connectivity index (χ0) is 28.6. The molecule has 42 heavy (non-hydrogen) atoms. The molecule has 0 atom stereocenters. The number of likely N-dealkylation sites (tertiary alicyclic amines) is 1. The van der Waals surface area contributed by atoms with Gasteiger partial charge in [0, 0.05) is 37.9 Å². The van der Waals surface area contributed by atoms with E-state index < -0.39 is 10.0 Å². The van der Waals surface area contributed by atoms with Crippen molar-refractivity contribution in [3.05, 3.63) is 35.5 Å². The summed E-state index contributed by atoms with van der Waals surface area (Å²) in [6.07, 6.45) is 12.7. The van der Waals surface area contributed by atoms with Gasteiger partial charge in [-0.05, 0) is 119 Å². The summed E-state index contributed by atoms with van der Waals surface area (Å²) in [5.41, 5.74) is 1.89. The quantitative estimate of drug-likeness (QED) is 0.368. The van der Waals surface area contributed by atoms with Crippen LogP contribution in [0.4, 0.5) is 5.82 Å². The molecule has 2 saturated carbocycles. The van der Waals surface area contributed by atoms with Gasteiger partial charge in [0.15, 0.2) is 0 Å². The Kier molecular flexibility index (Phi) is 9.57. The van der Waals surface area contributed by atoms with Crippen LogP contribution in [0.5, 0.6) is 11.8 Å². The van der Waals surface area contributed by atoms with Crippen LogP contribution in [-0.4, -0.2) is 86.1 Å². The molecule has 4 fully saturated rings. The Hall–Kier alpha value is -2.14. The van der Waals surface area contributed by atoms with E-state index in [1.54, 1.807) is 29.7 Å². The van der Waals surface area contributed by atoms with Gasteiger partial charge in [0.1, 0.15) is 18.2 Å². The second-order valence-electron chi connectivity index (χ2n) is 12.6. The molecule has 3 heterocycles. The minimum atomic E-state index is -3.68. The van der Waals surface area contributed by atoms with E-state index in [4.69, 9.17) is 14.5 Å². The summed E-state index contributed by atoms with van der Waals surface area (Å²) in [5.74, 6) is 1.56. The van der Waals surface area contributed by atoms with Crippen LogP contribution in [0.25, 0.3) is 0 Å². The molecule has 2 aliphatic carbocycles. The summed E-state index contributed by atoms with van der Waals surface area (Å²) >= 11 is 0. The Morgan fingerprint density at radius 1 is 1.00 bits per heavy atom. The van der Waals surface area contributed by atoms with Crippen LogP contribution >= 0.6 is 12.4 Å². The van der Waals surface area contributed by atoms with Crippen LogP contribution in [0, 0.1) is 19.3 Å². The molecule has 1 aromatic heterocycles. The first-order chi connectivity index (χ1) is 19.8. The molecule has 11 heteroatoms. The summed E-state index contributed by atoms with van der Waals surface area (Å²) in [6.45, 7) is 8.75. The minimum absolute atomic E-state index is 0. The SMILES string of the molecule is COc1cc(C)c(S(=O)(=O)N(CCOc2nccc(N3CCC4(CCC(N5CCC5)CC4)CC3)n2)C2CC2)c(C)c1.Cl. The lowest BCUT2D eigenvalue weighted by molar-refractivity contribution is 0.0387. The van der Waals surface area contributed by atoms with Crippen LogP contribution < -0.4 is 14.4 Å². The van der Waals surface area contributed by atoms with Crippen molar-refractivity contribution in [3.63, 3.8) is 0 Å². The van der Waals surface area contributed by atoms with Crippen LogP contribution in [0.2, 0.25) is 0 Å². The Morgan fingerprint density at radius 3 is 2.24 bits per heavy atom. The number of hydrogen-bond acceptors (Lipinski definition) is 8. The number of aromatic nitrogens is 2. The van der Waals surface area contributed by atoms with Gasteiger partial charge >= 0.3 is 6.01 Å². The lowest BCUT2D eigenvalue weighted by Gasteiger charge is -2.49. The van der Waals surface area contributed by atoms with Crippen molar-refractivity contribution in [2.75, 3.05) is 51.3 Å². The Labute approximate surface area is 257 Å². The van der Waals surface area contributed by atoms with Gasteiger partial charge in [-0.3, -0.25) is 0 Å². The average Bonchev–Trinajstić information content (AvgIpc) is 3.76. The van der Waals surface area contributed by atoms with Crippen molar-refractivity contribution in [1.82, 2.24) is 19.2 Å². The number of methoxy groups -OCH3 is 1. The van der Waals surface area contributed by atoms with E-state index in [1.165, 1.54) is 58.0 Å². The molecule has 9 nitrogen and oxygen atoms in total. The zero-order valence-electron chi connectivity index (χ0n) is 25.3. The molecule has 0 N–H and O–H groups in total. The largest absolute Gasteiger partial charge is 0.497 e. The van der Waals surface area contributed by atoms with E-state index in [-0.39, 0.29) is 31.6 Å². The Balaban J connectivity index is 0.00000353. The number of benzene rings is 1. The molecule has 2 aromatic rings. The molecule has 0 amide bonds. The second kappa shape index (κ2) is 12.8. The maximum absolute atomic E-state index is 13.7. The first-order valence-electron chi connectivity index (χ1n) is 15.4. The van der Waals surface area contributed by atoms with Gasteiger partial charge < -0.3 is 19.3 Å². The highest BCUT2D eigenvalue weighted by Crippen LogP contribution is 2.46. The molecular formula is C31H46ClN5O4S. The molecule has 4 aliphatic rings. The number of rotatable bonds is 10. The maximum atomic E-state index is 13.7. The average molecular weight is 620 g/mol. The van der Waals surface area contributed by atoms with Gasteiger partial charge in [0.25, 0.3) is 0 Å². The van der Waals surface area contributed by atoms with Crippen molar-refractivity contribution >= 4 is 28.2 Å². The molecule has 6 rings (SSSR count). The van der Waals surface area contributed by atoms with Crippen molar-refractivity contribution in [2.24, 2.45) is 5.41 Å². The number of piperidine rings is 1. The Morgan fingerprint density at radius 2 is 1.67 bits per heavy atom. The molecule has 1 aromatic carbocycles. The minimum Gasteiger partial charge on any atom is -0.497 e. The summed E-state index contributed by atoms with van der Waals surface area (Å²) in [7, 11) is -2.09. The number of ether oxygens (including phenoxy) is 2. The summed E-state index contributed by atoms with van der Waals surface area (Å²) in [6, 6.07) is 6.66. The van der Waals surface area contributed by atoms with Crippen LogP contribution in [0.3, 0.4) is 0 Å². The topological polar surface area (TPSA) is 88.1 Å². The predicted octanol–water partition coefficient (Wildman–Crippen LogP) is 4.99. The van der Waals surface area contributed by atoms with Crippen molar-refractivity contribution < 1.29 is 17.9 Å². The number of hydrogen-bond donors (Lipinski definition) is 0. The fraction of sp³-hybridized carbons (Fsp3) is 0.677. The molecular weight excluding hydrogens is 574 g/mol. The van der Waals surface area contributed by atoms with E-state index in [2.05, 4.69) is 14.8 Å². The first kappa shape index (κ1) is 31.3. The molecule has 1 spiro atoms.